The molecule has 3 heterocycles. The Morgan fingerprint density at radius 2 is 1.78 bits per heavy atom. The van der Waals surface area contributed by atoms with Gasteiger partial charge in [0.15, 0.2) is 0 Å². The van der Waals surface area contributed by atoms with Crippen molar-refractivity contribution >= 4 is 49.9 Å². The molecule has 2 aromatic carbocycles. The van der Waals surface area contributed by atoms with Crippen LogP contribution in [0.3, 0.4) is 0 Å². The largest absolute Gasteiger partial charge is 0.368 e. The third-order valence-electron chi connectivity index (χ3n) is 6.38. The smallest absolute Gasteiger partial charge is 0.263 e. The fourth-order valence-corrected chi connectivity index (χ4v) is 5.59. The highest BCUT2D eigenvalue weighted by molar-refractivity contribution is 7.92. The van der Waals surface area contributed by atoms with E-state index in [1.54, 1.807) is 24.3 Å². The molecule has 0 aliphatic carbocycles. The predicted octanol–water partition coefficient (Wildman–Crippen LogP) is 3.80. The SMILES string of the molecule is C[C@H](C(=O)N1CCN(c2ccc(S(=O)(=O)Nc3ccncn3)cc2)CC1)n1ccc2ccc(Cl)cc21. The molecule has 1 aliphatic rings. The van der Waals surface area contributed by atoms with Crippen LogP contribution < -0.4 is 9.62 Å². The number of carbonyl (C=O) groups excluding carboxylic acids is 1. The maximum absolute atomic E-state index is 13.2. The highest BCUT2D eigenvalue weighted by Gasteiger charge is 2.27. The number of anilines is 2. The van der Waals surface area contributed by atoms with Crippen LogP contribution in [0.1, 0.15) is 13.0 Å². The summed E-state index contributed by atoms with van der Waals surface area (Å²) in [6, 6.07) is 15.5. The molecule has 0 spiro atoms. The number of nitrogens with one attached hydrogen (secondary N) is 1. The van der Waals surface area contributed by atoms with Crippen molar-refractivity contribution in [2.24, 2.45) is 0 Å². The molecule has 1 fully saturated rings. The van der Waals surface area contributed by atoms with Crippen LogP contribution in [-0.4, -0.2) is 59.9 Å². The molecule has 2 aromatic heterocycles. The van der Waals surface area contributed by atoms with Crippen molar-refractivity contribution in [3.8, 4) is 0 Å². The van der Waals surface area contributed by atoms with Crippen LogP contribution in [-0.2, 0) is 14.8 Å². The number of aromatic nitrogens is 3. The van der Waals surface area contributed by atoms with Gasteiger partial charge in [0.2, 0.25) is 5.91 Å². The fraction of sp³-hybridized carbons (Fsp3) is 0.240. The van der Waals surface area contributed by atoms with Gasteiger partial charge in [0, 0.05) is 49.3 Å². The van der Waals surface area contributed by atoms with Gasteiger partial charge >= 0.3 is 0 Å². The minimum absolute atomic E-state index is 0.0596. The van der Waals surface area contributed by atoms with Crippen molar-refractivity contribution in [1.82, 2.24) is 19.4 Å². The van der Waals surface area contributed by atoms with Gasteiger partial charge in [-0.2, -0.15) is 0 Å². The quantitative estimate of drug-likeness (QED) is 0.412. The second kappa shape index (κ2) is 9.79. The molecule has 0 bridgehead atoms. The Kier molecular flexibility index (Phi) is 6.55. The summed E-state index contributed by atoms with van der Waals surface area (Å²) in [5.74, 6) is 0.268. The van der Waals surface area contributed by atoms with Gasteiger partial charge in [-0.05, 0) is 60.8 Å². The second-order valence-corrected chi connectivity index (χ2v) is 10.7. The number of hydrogen-bond acceptors (Lipinski definition) is 6. The van der Waals surface area contributed by atoms with E-state index in [2.05, 4.69) is 19.6 Å². The molecule has 36 heavy (non-hydrogen) atoms. The number of benzene rings is 2. The lowest BCUT2D eigenvalue weighted by Crippen LogP contribution is -2.50. The molecule has 0 unspecified atom stereocenters. The van der Waals surface area contributed by atoms with Gasteiger partial charge in [-0.1, -0.05) is 17.7 Å². The van der Waals surface area contributed by atoms with Crippen LogP contribution in [0.15, 0.2) is 78.2 Å². The summed E-state index contributed by atoms with van der Waals surface area (Å²) >= 11 is 6.17. The van der Waals surface area contributed by atoms with Gasteiger partial charge in [0.1, 0.15) is 18.2 Å². The number of rotatable bonds is 6. The summed E-state index contributed by atoms with van der Waals surface area (Å²) in [5.41, 5.74) is 1.84. The molecule has 1 saturated heterocycles. The summed E-state index contributed by atoms with van der Waals surface area (Å²) in [6.07, 6.45) is 4.67. The number of halogens is 1. The van der Waals surface area contributed by atoms with E-state index in [1.165, 1.54) is 18.6 Å². The zero-order chi connectivity index (χ0) is 25.3. The van der Waals surface area contributed by atoms with Crippen LogP contribution in [0, 0.1) is 0 Å². The first-order valence-electron chi connectivity index (χ1n) is 11.5. The summed E-state index contributed by atoms with van der Waals surface area (Å²) in [7, 11) is -3.75. The van der Waals surface area contributed by atoms with E-state index >= 15 is 0 Å². The number of amides is 1. The maximum atomic E-state index is 13.2. The highest BCUT2D eigenvalue weighted by atomic mass is 35.5. The highest BCUT2D eigenvalue weighted by Crippen LogP contribution is 2.26. The number of carbonyl (C=O) groups is 1. The minimum atomic E-state index is -3.75. The lowest BCUT2D eigenvalue weighted by molar-refractivity contribution is -0.134. The molecule has 0 radical (unpaired) electrons. The Morgan fingerprint density at radius 1 is 1.03 bits per heavy atom. The Balaban J connectivity index is 1.22. The second-order valence-electron chi connectivity index (χ2n) is 8.61. The van der Waals surface area contributed by atoms with Crippen molar-refractivity contribution in [3.63, 3.8) is 0 Å². The summed E-state index contributed by atoms with van der Waals surface area (Å²) in [4.78, 5) is 25.1. The molecule has 1 N–H and O–H groups in total. The van der Waals surface area contributed by atoms with Crippen molar-refractivity contribution in [2.45, 2.75) is 17.9 Å². The number of piperazine rings is 1. The van der Waals surface area contributed by atoms with Crippen molar-refractivity contribution in [2.75, 3.05) is 35.8 Å². The van der Waals surface area contributed by atoms with E-state index in [0.717, 1.165) is 16.6 Å². The minimum Gasteiger partial charge on any atom is -0.368 e. The Labute approximate surface area is 214 Å². The zero-order valence-corrected chi connectivity index (χ0v) is 21.2. The predicted molar refractivity (Wildman–Crippen MR) is 140 cm³/mol. The molecule has 1 atom stereocenters. The normalized spacial score (nSPS) is 15.2. The van der Waals surface area contributed by atoms with Gasteiger partial charge in [-0.25, -0.2) is 18.4 Å². The number of sulfonamides is 1. The van der Waals surface area contributed by atoms with Gasteiger partial charge in [0.25, 0.3) is 10.0 Å². The first-order chi connectivity index (χ1) is 17.3. The van der Waals surface area contributed by atoms with Crippen molar-refractivity contribution in [3.05, 3.63) is 78.3 Å². The van der Waals surface area contributed by atoms with Gasteiger partial charge in [-0.15, -0.1) is 0 Å². The maximum Gasteiger partial charge on any atom is 0.263 e. The average Bonchev–Trinajstić information content (AvgIpc) is 3.31. The zero-order valence-electron chi connectivity index (χ0n) is 19.6. The molecule has 11 heteroatoms. The first-order valence-corrected chi connectivity index (χ1v) is 13.4. The topological polar surface area (TPSA) is 100 Å². The Bertz CT molecular complexity index is 1480. The standard InChI is InChI=1S/C25H25ClN6O3S/c1-18(32-11-9-19-2-3-20(26)16-23(19)32)25(33)31-14-12-30(13-15-31)21-4-6-22(7-5-21)36(34,35)29-24-8-10-27-17-28-24/h2-11,16-18H,12-15H2,1H3,(H,27,28,29)/t18-/m1/s1. The molecule has 9 nitrogen and oxygen atoms in total. The monoisotopic (exact) mass is 524 g/mol. The lowest BCUT2D eigenvalue weighted by Gasteiger charge is -2.37. The molecular formula is C25H25ClN6O3S. The van der Waals surface area contributed by atoms with Gasteiger partial charge in [0.05, 0.1) is 10.4 Å². The van der Waals surface area contributed by atoms with Crippen LogP contribution in [0.2, 0.25) is 5.02 Å². The summed E-state index contributed by atoms with van der Waals surface area (Å²) in [6.45, 7) is 4.38. The summed E-state index contributed by atoms with van der Waals surface area (Å²) in [5, 5.41) is 1.68. The van der Waals surface area contributed by atoms with E-state index in [1.807, 2.05) is 46.9 Å². The van der Waals surface area contributed by atoms with Gasteiger partial charge < -0.3 is 14.4 Å². The van der Waals surface area contributed by atoms with E-state index in [9.17, 15) is 13.2 Å². The van der Waals surface area contributed by atoms with E-state index in [4.69, 9.17) is 11.6 Å². The Hall–Kier alpha value is -3.63. The molecule has 1 amide bonds. The van der Waals surface area contributed by atoms with Crippen LogP contribution in [0.5, 0.6) is 0 Å². The summed E-state index contributed by atoms with van der Waals surface area (Å²) < 4.78 is 29.7. The van der Waals surface area contributed by atoms with E-state index < -0.39 is 10.0 Å². The van der Waals surface area contributed by atoms with E-state index in [0.29, 0.717) is 31.2 Å². The number of nitrogens with zero attached hydrogens (tertiary/aromatic N) is 5. The van der Waals surface area contributed by atoms with Gasteiger partial charge in [-0.3, -0.25) is 9.52 Å². The lowest BCUT2D eigenvalue weighted by atomic mass is 10.2. The molecule has 186 valence electrons. The molecule has 0 saturated carbocycles. The van der Waals surface area contributed by atoms with Crippen LogP contribution >= 0.6 is 11.6 Å². The number of fused-ring (bicyclic) bond motifs is 1. The first kappa shape index (κ1) is 24.1. The third kappa shape index (κ3) is 4.87. The molecule has 4 aromatic rings. The molecule has 5 rings (SSSR count). The third-order valence-corrected chi connectivity index (χ3v) is 7.99. The molecule has 1 aliphatic heterocycles. The Morgan fingerprint density at radius 3 is 2.47 bits per heavy atom. The van der Waals surface area contributed by atoms with Crippen LogP contribution in [0.25, 0.3) is 10.9 Å². The van der Waals surface area contributed by atoms with E-state index in [-0.39, 0.29) is 22.7 Å². The average molecular weight is 525 g/mol. The van der Waals surface area contributed by atoms with Crippen LogP contribution in [0.4, 0.5) is 11.5 Å². The van der Waals surface area contributed by atoms with Crippen molar-refractivity contribution < 1.29 is 13.2 Å². The number of hydrogen-bond donors (Lipinski definition) is 1. The van der Waals surface area contributed by atoms with Crippen molar-refractivity contribution in [1.29, 1.82) is 0 Å². The molecular weight excluding hydrogens is 500 g/mol. The fourth-order valence-electron chi connectivity index (χ4n) is 4.41.